The predicted molar refractivity (Wildman–Crippen MR) is 75.6 cm³/mol. The second-order valence-electron chi connectivity index (χ2n) is 5.06. The zero-order valence-electron chi connectivity index (χ0n) is 11.6. The third-order valence-electron chi connectivity index (χ3n) is 3.00. The largest absolute Gasteiger partial charge is 0.496 e. The second kappa shape index (κ2) is 5.61. The molecule has 0 radical (unpaired) electrons. The molecule has 0 heterocycles. The Hall–Kier alpha value is -1.22. The van der Waals surface area contributed by atoms with Crippen molar-refractivity contribution in [3.8, 4) is 5.75 Å². The number of benzene rings is 1. The lowest BCUT2D eigenvalue weighted by Gasteiger charge is -2.22. The number of aryl methyl sites for hydroxylation is 1. The Morgan fingerprint density at radius 1 is 1.39 bits per heavy atom. The molecule has 0 unspecified atom stereocenters. The summed E-state index contributed by atoms with van der Waals surface area (Å²) in [6, 6.07) is 3.81. The molecule has 0 atom stereocenters. The van der Waals surface area contributed by atoms with Crippen LogP contribution in [0.2, 0.25) is 0 Å². The van der Waals surface area contributed by atoms with Crippen LogP contribution in [-0.4, -0.2) is 18.9 Å². The molecule has 0 bridgehead atoms. The summed E-state index contributed by atoms with van der Waals surface area (Å²) in [5.41, 5.74) is 2.15. The van der Waals surface area contributed by atoms with Gasteiger partial charge in [0.2, 0.25) is 5.91 Å². The first kappa shape index (κ1) is 14.8. The molecule has 4 heteroatoms. The average Bonchev–Trinajstić information content (AvgIpc) is 2.33. The number of hydrogen-bond acceptors (Lipinski definition) is 2. The van der Waals surface area contributed by atoms with Crippen LogP contribution in [0, 0.1) is 19.3 Å². The zero-order valence-corrected chi connectivity index (χ0v) is 12.3. The van der Waals surface area contributed by atoms with E-state index in [1.165, 1.54) is 0 Å². The van der Waals surface area contributed by atoms with E-state index in [-0.39, 0.29) is 11.8 Å². The Kier molecular flexibility index (Phi) is 4.63. The second-order valence-corrected chi connectivity index (χ2v) is 5.33. The van der Waals surface area contributed by atoms with Crippen molar-refractivity contribution in [3.05, 3.63) is 23.3 Å². The van der Waals surface area contributed by atoms with E-state index < -0.39 is 5.41 Å². The van der Waals surface area contributed by atoms with Crippen LogP contribution in [0.5, 0.6) is 5.75 Å². The highest BCUT2D eigenvalue weighted by Crippen LogP contribution is 2.30. The summed E-state index contributed by atoms with van der Waals surface area (Å²) in [5.74, 6) is 0.990. The first-order chi connectivity index (χ1) is 8.33. The molecule has 1 aromatic rings. The number of carbonyl (C=O) groups excluding carboxylic acids is 1. The number of halogens is 1. The van der Waals surface area contributed by atoms with Crippen LogP contribution in [0.3, 0.4) is 0 Å². The number of ether oxygens (including phenoxy) is 1. The number of carbonyl (C=O) groups is 1. The van der Waals surface area contributed by atoms with Crippen molar-refractivity contribution in [3.63, 3.8) is 0 Å². The van der Waals surface area contributed by atoms with Gasteiger partial charge in [0.1, 0.15) is 5.75 Å². The number of methoxy groups -OCH3 is 1. The maximum atomic E-state index is 12.1. The summed E-state index contributed by atoms with van der Waals surface area (Å²) >= 11 is 5.79. The van der Waals surface area contributed by atoms with E-state index >= 15 is 0 Å². The normalized spacial score (nSPS) is 11.2. The average molecular weight is 270 g/mol. The van der Waals surface area contributed by atoms with Crippen molar-refractivity contribution in [1.29, 1.82) is 0 Å². The van der Waals surface area contributed by atoms with Crippen molar-refractivity contribution >= 4 is 23.2 Å². The van der Waals surface area contributed by atoms with Gasteiger partial charge in [-0.05, 0) is 39.3 Å². The molecule has 1 rings (SSSR count). The molecule has 1 amide bonds. The molecule has 1 N–H and O–H groups in total. The number of anilines is 1. The molecule has 0 fully saturated rings. The first-order valence-electron chi connectivity index (χ1n) is 5.85. The summed E-state index contributed by atoms with van der Waals surface area (Å²) < 4.78 is 5.33. The fraction of sp³-hybridized carbons (Fsp3) is 0.500. The maximum absolute atomic E-state index is 12.1. The smallest absolute Gasteiger partial charge is 0.231 e. The van der Waals surface area contributed by atoms with Crippen molar-refractivity contribution in [2.45, 2.75) is 27.7 Å². The highest BCUT2D eigenvalue weighted by atomic mass is 35.5. The van der Waals surface area contributed by atoms with Gasteiger partial charge in [0.05, 0.1) is 12.5 Å². The van der Waals surface area contributed by atoms with Gasteiger partial charge >= 0.3 is 0 Å². The Bertz CT molecular complexity index is 455. The quantitative estimate of drug-likeness (QED) is 0.850. The topological polar surface area (TPSA) is 38.3 Å². The lowest BCUT2D eigenvalue weighted by atomic mass is 9.95. The molecule has 3 nitrogen and oxygen atoms in total. The van der Waals surface area contributed by atoms with Gasteiger partial charge in [-0.2, -0.15) is 0 Å². The lowest BCUT2D eigenvalue weighted by molar-refractivity contribution is -0.122. The zero-order chi connectivity index (χ0) is 13.9. The van der Waals surface area contributed by atoms with Gasteiger partial charge in [-0.1, -0.05) is 6.07 Å². The van der Waals surface area contributed by atoms with Crippen LogP contribution in [-0.2, 0) is 4.79 Å². The van der Waals surface area contributed by atoms with Gasteiger partial charge in [-0.15, -0.1) is 11.6 Å². The van der Waals surface area contributed by atoms with Crippen LogP contribution in [0.1, 0.15) is 25.0 Å². The molecule has 1 aromatic carbocycles. The molecule has 0 aromatic heterocycles. The fourth-order valence-electron chi connectivity index (χ4n) is 1.63. The highest BCUT2D eigenvalue weighted by Gasteiger charge is 2.27. The molecule has 18 heavy (non-hydrogen) atoms. The molecule has 0 aliphatic rings. The van der Waals surface area contributed by atoms with Gasteiger partial charge in [0.15, 0.2) is 0 Å². The van der Waals surface area contributed by atoms with Crippen molar-refractivity contribution in [2.75, 3.05) is 18.3 Å². The minimum Gasteiger partial charge on any atom is -0.496 e. The Balaban J connectivity index is 3.03. The Morgan fingerprint density at radius 2 is 2.00 bits per heavy atom. The molecule has 100 valence electrons. The third kappa shape index (κ3) is 2.96. The van der Waals surface area contributed by atoms with E-state index in [0.717, 1.165) is 22.6 Å². The van der Waals surface area contributed by atoms with Crippen LogP contribution >= 0.6 is 11.6 Å². The van der Waals surface area contributed by atoms with E-state index in [1.54, 1.807) is 7.11 Å². The van der Waals surface area contributed by atoms with Crippen LogP contribution in [0.25, 0.3) is 0 Å². The number of nitrogens with one attached hydrogen (secondary N) is 1. The van der Waals surface area contributed by atoms with Gasteiger partial charge < -0.3 is 10.1 Å². The SMILES string of the molecule is COc1c(C)ccc(NC(=O)C(C)(C)CCl)c1C. The van der Waals surface area contributed by atoms with Crippen LogP contribution in [0.4, 0.5) is 5.69 Å². The Morgan fingerprint density at radius 3 is 2.50 bits per heavy atom. The summed E-state index contributed by atoms with van der Waals surface area (Å²) in [7, 11) is 1.63. The molecule has 0 saturated carbocycles. The van der Waals surface area contributed by atoms with Crippen molar-refractivity contribution in [1.82, 2.24) is 0 Å². The van der Waals surface area contributed by atoms with Gasteiger partial charge in [-0.25, -0.2) is 0 Å². The van der Waals surface area contributed by atoms with Crippen molar-refractivity contribution < 1.29 is 9.53 Å². The van der Waals surface area contributed by atoms with Crippen molar-refractivity contribution in [2.24, 2.45) is 5.41 Å². The molecular formula is C14H20ClNO2. The number of rotatable bonds is 4. The van der Waals surface area contributed by atoms with E-state index in [9.17, 15) is 4.79 Å². The van der Waals surface area contributed by atoms with Crippen LogP contribution in [0.15, 0.2) is 12.1 Å². The maximum Gasteiger partial charge on any atom is 0.231 e. The monoisotopic (exact) mass is 269 g/mol. The summed E-state index contributed by atoms with van der Waals surface area (Å²) in [6.07, 6.45) is 0. The number of alkyl halides is 1. The van der Waals surface area contributed by atoms with E-state index in [1.807, 2.05) is 39.8 Å². The van der Waals surface area contributed by atoms with Crippen LogP contribution < -0.4 is 10.1 Å². The molecular weight excluding hydrogens is 250 g/mol. The standard InChI is InChI=1S/C14H20ClNO2/c1-9-6-7-11(10(2)12(9)18-5)16-13(17)14(3,4)8-15/h6-7H,8H2,1-5H3,(H,16,17). The van der Waals surface area contributed by atoms with E-state index in [2.05, 4.69) is 5.32 Å². The third-order valence-corrected chi connectivity index (χ3v) is 3.67. The predicted octanol–water partition coefficient (Wildman–Crippen LogP) is 3.52. The first-order valence-corrected chi connectivity index (χ1v) is 6.38. The van der Waals surface area contributed by atoms with E-state index in [4.69, 9.17) is 16.3 Å². The van der Waals surface area contributed by atoms with E-state index in [0.29, 0.717) is 0 Å². The van der Waals surface area contributed by atoms with Gasteiger partial charge in [0, 0.05) is 17.1 Å². The molecule has 0 aliphatic carbocycles. The Labute approximate surface area is 113 Å². The minimum atomic E-state index is -0.591. The lowest BCUT2D eigenvalue weighted by Crippen LogP contribution is -2.32. The highest BCUT2D eigenvalue weighted by molar-refractivity contribution is 6.20. The van der Waals surface area contributed by atoms with Gasteiger partial charge in [-0.3, -0.25) is 4.79 Å². The summed E-state index contributed by atoms with van der Waals surface area (Å²) in [4.78, 5) is 12.1. The molecule has 0 saturated heterocycles. The summed E-state index contributed by atoms with van der Waals surface area (Å²) in [6.45, 7) is 7.53. The number of hydrogen-bond donors (Lipinski definition) is 1. The van der Waals surface area contributed by atoms with Gasteiger partial charge in [0.25, 0.3) is 0 Å². The fourth-order valence-corrected chi connectivity index (χ4v) is 1.75. The molecule has 0 spiro atoms. The molecule has 0 aliphatic heterocycles. The minimum absolute atomic E-state index is 0.0912. The number of amides is 1. The summed E-state index contributed by atoms with van der Waals surface area (Å²) in [5, 5.41) is 2.90.